The van der Waals surface area contributed by atoms with Gasteiger partial charge in [0.1, 0.15) is 12.4 Å². The van der Waals surface area contributed by atoms with Crippen molar-refractivity contribution in [1.82, 2.24) is 16.2 Å². The summed E-state index contributed by atoms with van der Waals surface area (Å²) < 4.78 is 5.74. The van der Waals surface area contributed by atoms with Gasteiger partial charge in [0.2, 0.25) is 5.91 Å². The summed E-state index contributed by atoms with van der Waals surface area (Å²) in [5, 5.41) is 3.13. The van der Waals surface area contributed by atoms with Crippen LogP contribution in [0.15, 0.2) is 48.5 Å². The van der Waals surface area contributed by atoms with Crippen molar-refractivity contribution in [2.45, 2.75) is 20.0 Å². The van der Waals surface area contributed by atoms with Gasteiger partial charge in [-0.25, -0.2) is 0 Å². The zero-order chi connectivity index (χ0) is 20.8. The molecular formula is C21H22ClN3O4. The summed E-state index contributed by atoms with van der Waals surface area (Å²) in [5.74, 6) is -0.489. The van der Waals surface area contributed by atoms with Crippen LogP contribution in [-0.4, -0.2) is 24.3 Å². The first-order chi connectivity index (χ1) is 14.0. The third-order valence-electron chi connectivity index (χ3n) is 4.66. The Bertz CT molecular complexity index is 918. The van der Waals surface area contributed by atoms with Crippen molar-refractivity contribution in [3.05, 3.63) is 64.7 Å². The van der Waals surface area contributed by atoms with Crippen molar-refractivity contribution >= 4 is 29.3 Å². The van der Waals surface area contributed by atoms with Gasteiger partial charge >= 0.3 is 0 Å². The zero-order valence-electron chi connectivity index (χ0n) is 15.9. The molecule has 0 radical (unpaired) electrons. The van der Waals surface area contributed by atoms with Crippen LogP contribution in [0.4, 0.5) is 0 Å². The van der Waals surface area contributed by atoms with Crippen LogP contribution < -0.4 is 20.9 Å². The minimum atomic E-state index is -0.532. The van der Waals surface area contributed by atoms with E-state index in [2.05, 4.69) is 16.2 Å². The molecular weight excluding hydrogens is 394 g/mol. The molecule has 0 bridgehead atoms. The van der Waals surface area contributed by atoms with E-state index in [0.717, 1.165) is 12.0 Å². The Morgan fingerprint density at radius 2 is 1.76 bits per heavy atom. The second-order valence-corrected chi connectivity index (χ2v) is 7.32. The first-order valence-electron chi connectivity index (χ1n) is 9.28. The maximum absolute atomic E-state index is 12.4. The largest absolute Gasteiger partial charge is 0.488 e. The highest BCUT2D eigenvalue weighted by atomic mass is 35.5. The molecule has 7 nitrogen and oxygen atoms in total. The van der Waals surface area contributed by atoms with E-state index in [9.17, 15) is 14.4 Å². The van der Waals surface area contributed by atoms with Gasteiger partial charge in [-0.2, -0.15) is 0 Å². The first kappa shape index (κ1) is 20.7. The van der Waals surface area contributed by atoms with E-state index in [1.807, 2.05) is 25.1 Å². The molecule has 1 saturated carbocycles. The van der Waals surface area contributed by atoms with Gasteiger partial charge in [0.25, 0.3) is 11.8 Å². The molecule has 1 aliphatic rings. The molecule has 2 aromatic rings. The van der Waals surface area contributed by atoms with E-state index < -0.39 is 11.8 Å². The number of hydrogen-bond acceptors (Lipinski definition) is 4. The van der Waals surface area contributed by atoms with Gasteiger partial charge in [0.15, 0.2) is 0 Å². The highest BCUT2D eigenvalue weighted by Gasteiger charge is 2.38. The van der Waals surface area contributed by atoms with E-state index in [4.69, 9.17) is 16.3 Å². The molecule has 0 aliphatic heterocycles. The molecule has 3 amide bonds. The minimum absolute atomic E-state index is 0.0143. The summed E-state index contributed by atoms with van der Waals surface area (Å²) in [4.78, 5) is 36.0. The highest BCUT2D eigenvalue weighted by molar-refractivity contribution is 6.31. The van der Waals surface area contributed by atoms with Crippen molar-refractivity contribution in [3.8, 4) is 5.75 Å². The maximum Gasteiger partial charge on any atom is 0.273 e. The summed E-state index contributed by atoms with van der Waals surface area (Å²) >= 11 is 6.12. The summed E-state index contributed by atoms with van der Waals surface area (Å²) in [6.07, 6.45) is 0.842. The number of hydrogen-bond donors (Lipinski definition) is 3. The number of benzene rings is 2. The molecule has 2 aromatic carbocycles. The number of nitrogens with one attached hydrogen (secondary N) is 3. The second-order valence-electron chi connectivity index (χ2n) is 6.92. The van der Waals surface area contributed by atoms with Gasteiger partial charge in [-0.3, -0.25) is 25.2 Å². The Morgan fingerprint density at radius 1 is 1.07 bits per heavy atom. The summed E-state index contributed by atoms with van der Waals surface area (Å²) in [5.41, 5.74) is 5.67. The smallest absolute Gasteiger partial charge is 0.273 e. The average molecular weight is 416 g/mol. The summed E-state index contributed by atoms with van der Waals surface area (Å²) in [6.45, 7) is 1.98. The van der Waals surface area contributed by atoms with Crippen LogP contribution >= 0.6 is 11.6 Å². The summed E-state index contributed by atoms with van der Waals surface area (Å²) in [7, 11) is 0. The zero-order valence-corrected chi connectivity index (χ0v) is 16.7. The van der Waals surface area contributed by atoms with E-state index in [1.165, 1.54) is 0 Å². The Labute approximate surface area is 173 Å². The standard InChI is InChI=1S/C21H22ClN3O4/c1-13-10-16(13)20(27)23-11-19(26)24-25-21(28)15-7-3-5-9-18(15)29-12-14-6-2-4-8-17(14)22/h2-9,13,16H,10-12H2,1H3,(H,23,27)(H,24,26)(H,25,28). The van der Waals surface area contributed by atoms with Crippen molar-refractivity contribution in [2.24, 2.45) is 11.8 Å². The Kier molecular flexibility index (Phi) is 6.72. The molecule has 2 unspecified atom stereocenters. The predicted molar refractivity (Wildman–Crippen MR) is 108 cm³/mol. The molecule has 3 rings (SSSR count). The maximum atomic E-state index is 12.4. The first-order valence-corrected chi connectivity index (χ1v) is 9.65. The molecule has 152 valence electrons. The van der Waals surface area contributed by atoms with Crippen LogP contribution in [0.2, 0.25) is 5.02 Å². The number of hydrazine groups is 1. The van der Waals surface area contributed by atoms with Crippen molar-refractivity contribution in [1.29, 1.82) is 0 Å². The molecule has 1 fully saturated rings. The average Bonchev–Trinajstić information content (AvgIpc) is 3.46. The van der Waals surface area contributed by atoms with E-state index >= 15 is 0 Å². The van der Waals surface area contributed by atoms with Gasteiger partial charge < -0.3 is 10.1 Å². The Morgan fingerprint density at radius 3 is 2.48 bits per heavy atom. The number of rotatable bonds is 7. The van der Waals surface area contributed by atoms with Crippen LogP contribution in [0.3, 0.4) is 0 Å². The fourth-order valence-electron chi connectivity index (χ4n) is 2.77. The minimum Gasteiger partial charge on any atom is -0.488 e. The monoisotopic (exact) mass is 415 g/mol. The number of carbonyl (C=O) groups excluding carboxylic acids is 3. The molecule has 3 N–H and O–H groups in total. The predicted octanol–water partition coefficient (Wildman–Crippen LogP) is 2.45. The normalized spacial score (nSPS) is 17.2. The third-order valence-corrected chi connectivity index (χ3v) is 5.03. The number of para-hydroxylation sites is 1. The lowest BCUT2D eigenvalue weighted by Crippen LogP contribution is -2.46. The lowest BCUT2D eigenvalue weighted by atomic mass is 10.2. The summed E-state index contributed by atoms with van der Waals surface area (Å²) in [6, 6.07) is 13.9. The van der Waals surface area contributed by atoms with E-state index in [0.29, 0.717) is 16.7 Å². The molecule has 8 heteroatoms. The van der Waals surface area contributed by atoms with Crippen LogP contribution in [0.25, 0.3) is 0 Å². The molecule has 0 heterocycles. The van der Waals surface area contributed by atoms with Crippen LogP contribution in [0.1, 0.15) is 29.3 Å². The number of carbonyl (C=O) groups is 3. The van der Waals surface area contributed by atoms with E-state index in [-0.39, 0.29) is 30.5 Å². The van der Waals surface area contributed by atoms with Crippen LogP contribution in [0, 0.1) is 11.8 Å². The van der Waals surface area contributed by atoms with Gasteiger partial charge in [-0.05, 0) is 30.5 Å². The Balaban J connectivity index is 1.50. The number of ether oxygens (including phenoxy) is 1. The lowest BCUT2D eigenvalue weighted by molar-refractivity contribution is -0.127. The van der Waals surface area contributed by atoms with Gasteiger partial charge in [0.05, 0.1) is 12.1 Å². The SMILES string of the molecule is CC1CC1C(=O)NCC(=O)NNC(=O)c1ccccc1OCc1ccccc1Cl. The molecule has 29 heavy (non-hydrogen) atoms. The van der Waals surface area contributed by atoms with Gasteiger partial charge in [-0.15, -0.1) is 0 Å². The highest BCUT2D eigenvalue weighted by Crippen LogP contribution is 2.37. The number of halogens is 1. The van der Waals surface area contributed by atoms with Crippen LogP contribution in [0.5, 0.6) is 5.75 Å². The van der Waals surface area contributed by atoms with Gasteiger partial charge in [0, 0.05) is 16.5 Å². The van der Waals surface area contributed by atoms with Crippen molar-refractivity contribution < 1.29 is 19.1 Å². The molecule has 0 spiro atoms. The molecule has 1 aliphatic carbocycles. The fraction of sp³-hybridized carbons (Fsp3) is 0.286. The second kappa shape index (κ2) is 9.43. The quantitative estimate of drug-likeness (QED) is 0.605. The molecule has 2 atom stereocenters. The van der Waals surface area contributed by atoms with Crippen molar-refractivity contribution in [3.63, 3.8) is 0 Å². The topological polar surface area (TPSA) is 96.5 Å². The van der Waals surface area contributed by atoms with E-state index in [1.54, 1.807) is 30.3 Å². The molecule has 0 aromatic heterocycles. The number of amides is 3. The van der Waals surface area contributed by atoms with Crippen LogP contribution in [-0.2, 0) is 16.2 Å². The lowest BCUT2D eigenvalue weighted by Gasteiger charge is -2.13. The van der Waals surface area contributed by atoms with Gasteiger partial charge in [-0.1, -0.05) is 48.9 Å². The Hall–Kier alpha value is -3.06. The molecule has 0 saturated heterocycles. The third kappa shape index (κ3) is 5.71. The fourth-order valence-corrected chi connectivity index (χ4v) is 2.97. The van der Waals surface area contributed by atoms with Crippen molar-refractivity contribution in [2.75, 3.05) is 6.54 Å².